The SMILES string of the molecule is CC1(C)c2cc(-c3ccc4ccccc4c3)ccc2-c2ccc(N(c3ccccc3)c3ccc(-c4cc(-c5ccccc5)cc(-c5ccccc5)c4)cc3)cc21. The summed E-state index contributed by atoms with van der Waals surface area (Å²) in [5, 5.41) is 2.54. The summed E-state index contributed by atoms with van der Waals surface area (Å²) in [7, 11) is 0. The number of hydrogen-bond acceptors (Lipinski definition) is 1. The minimum atomic E-state index is -0.167. The van der Waals surface area contributed by atoms with Gasteiger partial charge in [-0.1, -0.05) is 159 Å². The zero-order chi connectivity index (χ0) is 37.6. The molecule has 1 heteroatoms. The van der Waals surface area contributed by atoms with E-state index in [4.69, 9.17) is 0 Å². The first kappa shape index (κ1) is 33.6. The lowest BCUT2D eigenvalue weighted by Gasteiger charge is -2.28. The highest BCUT2D eigenvalue weighted by Crippen LogP contribution is 2.51. The Hall–Kier alpha value is -6.96. The number of rotatable bonds is 7. The van der Waals surface area contributed by atoms with Crippen LogP contribution in [0.15, 0.2) is 212 Å². The average Bonchev–Trinajstić information content (AvgIpc) is 3.49. The molecular formula is C55H41N. The number of benzene rings is 9. The van der Waals surface area contributed by atoms with Crippen LogP contribution < -0.4 is 4.90 Å². The molecule has 10 rings (SSSR count). The van der Waals surface area contributed by atoms with Gasteiger partial charge in [0, 0.05) is 22.5 Å². The maximum atomic E-state index is 2.42. The molecule has 0 unspecified atom stereocenters. The van der Waals surface area contributed by atoms with Gasteiger partial charge in [-0.15, -0.1) is 0 Å². The third kappa shape index (κ3) is 5.99. The summed E-state index contributed by atoms with van der Waals surface area (Å²) < 4.78 is 0. The second-order valence-electron chi connectivity index (χ2n) is 15.4. The normalized spacial score (nSPS) is 12.6. The molecule has 0 radical (unpaired) electrons. The molecule has 0 N–H and O–H groups in total. The van der Waals surface area contributed by atoms with Crippen LogP contribution >= 0.6 is 0 Å². The van der Waals surface area contributed by atoms with Crippen molar-refractivity contribution in [2.75, 3.05) is 4.90 Å². The minimum Gasteiger partial charge on any atom is -0.310 e. The Labute approximate surface area is 329 Å². The molecular weight excluding hydrogens is 675 g/mol. The van der Waals surface area contributed by atoms with Gasteiger partial charge >= 0.3 is 0 Å². The van der Waals surface area contributed by atoms with Gasteiger partial charge < -0.3 is 4.90 Å². The molecule has 0 saturated carbocycles. The molecule has 1 aliphatic carbocycles. The molecule has 0 saturated heterocycles. The highest BCUT2D eigenvalue weighted by molar-refractivity contribution is 5.91. The molecule has 0 amide bonds. The summed E-state index contributed by atoms with van der Waals surface area (Å²) in [4.78, 5) is 2.39. The topological polar surface area (TPSA) is 3.24 Å². The summed E-state index contributed by atoms with van der Waals surface area (Å²) in [6.07, 6.45) is 0. The highest BCUT2D eigenvalue weighted by atomic mass is 15.1. The summed E-state index contributed by atoms with van der Waals surface area (Å²) in [6.45, 7) is 4.75. The van der Waals surface area contributed by atoms with Crippen LogP contribution in [0.1, 0.15) is 25.0 Å². The number of anilines is 3. The van der Waals surface area contributed by atoms with Gasteiger partial charge in [-0.25, -0.2) is 0 Å². The van der Waals surface area contributed by atoms with Crippen LogP contribution in [-0.4, -0.2) is 0 Å². The van der Waals surface area contributed by atoms with Gasteiger partial charge in [0.1, 0.15) is 0 Å². The van der Waals surface area contributed by atoms with Gasteiger partial charge in [0.15, 0.2) is 0 Å². The van der Waals surface area contributed by atoms with Crippen molar-refractivity contribution in [1.82, 2.24) is 0 Å². The van der Waals surface area contributed by atoms with Crippen molar-refractivity contribution >= 4 is 27.8 Å². The maximum absolute atomic E-state index is 2.42. The molecule has 9 aromatic carbocycles. The Kier molecular flexibility index (Phi) is 8.23. The van der Waals surface area contributed by atoms with Gasteiger partial charge in [-0.05, 0) is 144 Å². The van der Waals surface area contributed by atoms with Crippen molar-refractivity contribution in [3.05, 3.63) is 223 Å². The molecule has 0 aromatic heterocycles. The molecule has 0 spiro atoms. The first-order valence-corrected chi connectivity index (χ1v) is 19.5. The van der Waals surface area contributed by atoms with E-state index in [0.29, 0.717) is 0 Å². The fourth-order valence-corrected chi connectivity index (χ4v) is 8.63. The van der Waals surface area contributed by atoms with Crippen molar-refractivity contribution in [3.63, 3.8) is 0 Å². The fourth-order valence-electron chi connectivity index (χ4n) is 8.63. The van der Waals surface area contributed by atoms with Crippen molar-refractivity contribution in [1.29, 1.82) is 0 Å². The predicted octanol–water partition coefficient (Wildman–Crippen LogP) is 15.3. The first-order valence-electron chi connectivity index (χ1n) is 19.5. The monoisotopic (exact) mass is 715 g/mol. The molecule has 9 aromatic rings. The summed E-state index contributed by atoms with van der Waals surface area (Å²) in [5.74, 6) is 0. The lowest BCUT2D eigenvalue weighted by molar-refractivity contribution is 0.660. The van der Waals surface area contributed by atoms with Crippen LogP contribution in [0.4, 0.5) is 17.1 Å². The number of fused-ring (bicyclic) bond motifs is 4. The van der Waals surface area contributed by atoms with Gasteiger partial charge in [0.05, 0.1) is 0 Å². The highest BCUT2D eigenvalue weighted by Gasteiger charge is 2.36. The number of nitrogens with zero attached hydrogens (tertiary/aromatic N) is 1. The second kappa shape index (κ2) is 13.7. The van der Waals surface area contributed by atoms with Crippen LogP contribution in [0.2, 0.25) is 0 Å². The van der Waals surface area contributed by atoms with Crippen LogP contribution in [0, 0.1) is 0 Å². The molecule has 1 nitrogen and oxygen atoms in total. The van der Waals surface area contributed by atoms with Gasteiger partial charge in [0.25, 0.3) is 0 Å². The smallest absolute Gasteiger partial charge is 0.0465 e. The van der Waals surface area contributed by atoms with Crippen molar-refractivity contribution in [2.45, 2.75) is 19.3 Å². The third-order valence-corrected chi connectivity index (χ3v) is 11.6. The van der Waals surface area contributed by atoms with Crippen LogP contribution in [0.3, 0.4) is 0 Å². The molecule has 1 aliphatic rings. The van der Waals surface area contributed by atoms with Crippen LogP contribution in [0.25, 0.3) is 66.4 Å². The van der Waals surface area contributed by atoms with Crippen LogP contribution in [-0.2, 0) is 5.41 Å². The Balaban J connectivity index is 1.02. The van der Waals surface area contributed by atoms with Gasteiger partial charge in [-0.2, -0.15) is 0 Å². The van der Waals surface area contributed by atoms with E-state index >= 15 is 0 Å². The summed E-state index contributed by atoms with van der Waals surface area (Å²) in [6, 6.07) is 77.6. The van der Waals surface area contributed by atoms with Gasteiger partial charge in [-0.3, -0.25) is 0 Å². The lowest BCUT2D eigenvalue weighted by atomic mass is 9.81. The first-order chi connectivity index (χ1) is 27.5. The number of hydrogen-bond donors (Lipinski definition) is 0. The molecule has 0 fully saturated rings. The maximum Gasteiger partial charge on any atom is 0.0465 e. The zero-order valence-electron chi connectivity index (χ0n) is 31.7. The second-order valence-corrected chi connectivity index (χ2v) is 15.4. The number of para-hydroxylation sites is 1. The molecule has 0 heterocycles. The van der Waals surface area contributed by atoms with Crippen LogP contribution in [0.5, 0.6) is 0 Å². The Morgan fingerprint density at radius 2 is 0.714 bits per heavy atom. The van der Waals surface area contributed by atoms with E-state index in [1.54, 1.807) is 0 Å². The third-order valence-electron chi connectivity index (χ3n) is 11.6. The summed E-state index contributed by atoms with van der Waals surface area (Å²) in [5.41, 5.74) is 18.3. The Morgan fingerprint density at radius 3 is 1.34 bits per heavy atom. The Morgan fingerprint density at radius 1 is 0.286 bits per heavy atom. The van der Waals surface area contributed by atoms with E-state index < -0.39 is 0 Å². The van der Waals surface area contributed by atoms with E-state index in [1.807, 2.05) is 0 Å². The van der Waals surface area contributed by atoms with Gasteiger partial charge in [0.2, 0.25) is 0 Å². The largest absolute Gasteiger partial charge is 0.310 e. The van der Waals surface area contributed by atoms with Crippen molar-refractivity contribution < 1.29 is 0 Å². The lowest BCUT2D eigenvalue weighted by Crippen LogP contribution is -2.16. The average molecular weight is 716 g/mol. The zero-order valence-corrected chi connectivity index (χ0v) is 31.7. The van der Waals surface area contributed by atoms with E-state index in [0.717, 1.165) is 17.1 Å². The molecule has 0 aliphatic heterocycles. The van der Waals surface area contributed by atoms with Crippen molar-refractivity contribution in [2.24, 2.45) is 0 Å². The molecule has 56 heavy (non-hydrogen) atoms. The van der Waals surface area contributed by atoms with E-state index in [2.05, 4.69) is 231 Å². The fraction of sp³-hybridized carbons (Fsp3) is 0.0545. The molecule has 0 atom stereocenters. The minimum absolute atomic E-state index is 0.167. The predicted molar refractivity (Wildman–Crippen MR) is 238 cm³/mol. The quantitative estimate of drug-likeness (QED) is 0.159. The molecule has 266 valence electrons. The van der Waals surface area contributed by atoms with E-state index in [-0.39, 0.29) is 5.41 Å². The standard InChI is InChI=1S/C55H41N/c1-55(2)53-36-44(43-23-22-40-18-12-13-19-42(40)32-43)26-30-51(53)52-31-29-50(37-54(52)55)56(48-20-10-5-11-21-48)49-27-24-41(25-28-49)47-34-45(38-14-6-3-7-15-38)33-46(35-47)39-16-8-4-9-17-39/h3-37H,1-2H3. The Bertz CT molecular complexity index is 2800. The van der Waals surface area contributed by atoms with E-state index in [9.17, 15) is 0 Å². The summed E-state index contributed by atoms with van der Waals surface area (Å²) >= 11 is 0. The van der Waals surface area contributed by atoms with Crippen molar-refractivity contribution in [3.8, 4) is 55.6 Å². The molecule has 0 bridgehead atoms. The van der Waals surface area contributed by atoms with E-state index in [1.165, 1.54) is 77.5 Å².